The van der Waals surface area contributed by atoms with Crippen molar-refractivity contribution in [2.45, 2.75) is 147 Å². The van der Waals surface area contributed by atoms with Gasteiger partial charge in [0.15, 0.2) is 17.6 Å². The summed E-state index contributed by atoms with van der Waals surface area (Å²) in [5.41, 5.74) is 10.2. The Morgan fingerprint density at radius 1 is 1.07 bits per heavy atom. The molecule has 3 saturated carbocycles. The Morgan fingerprint density at radius 2 is 1.87 bits per heavy atom. The molecule has 0 radical (unpaired) electrons. The van der Waals surface area contributed by atoms with E-state index < -0.39 is 12.2 Å². The van der Waals surface area contributed by atoms with Crippen LogP contribution in [0.4, 0.5) is 0 Å². The summed E-state index contributed by atoms with van der Waals surface area (Å²) in [6.45, 7) is 3.40. The number of phenolic OH excluding ortho intramolecular Hbond substituents is 1. The van der Waals surface area contributed by atoms with Crippen LogP contribution in [0.5, 0.6) is 11.5 Å². The average Bonchev–Trinajstić information content (AvgIpc) is 4.00. The van der Waals surface area contributed by atoms with Gasteiger partial charge in [-0.2, -0.15) is 0 Å². The van der Waals surface area contributed by atoms with Crippen molar-refractivity contribution in [2.24, 2.45) is 33.9 Å². The molecule has 1 spiro atoms. The molecule has 1 unspecified atom stereocenters. The van der Waals surface area contributed by atoms with E-state index in [9.17, 15) is 20.4 Å². The third kappa shape index (κ3) is 10.9. The molecular formula is C45H70N3O7+. The summed E-state index contributed by atoms with van der Waals surface area (Å²) in [6, 6.07) is 5.57. The minimum absolute atomic E-state index is 0.0114. The number of hydrogen-bond acceptors (Lipinski definition) is 9. The van der Waals surface area contributed by atoms with Crippen LogP contribution in [0.2, 0.25) is 0 Å². The van der Waals surface area contributed by atoms with Crippen LogP contribution in [0.1, 0.15) is 122 Å². The zero-order valence-electron chi connectivity index (χ0n) is 33.3. The Balaban J connectivity index is 1.00. The number of benzene rings is 1. The SMILES string of the molecule is C[C@H](O)CNC[C@@H]1[C+]2C=C([C@@H](O)COc3cc(CC[C-]4C=C(CO)C(CCCCCC[C@H](N)CCCO)[OH+]4)ccc3O)N=C2CC2(CCCC2)[C@H]2CCC[C@@H]12. The summed E-state index contributed by atoms with van der Waals surface area (Å²) in [7, 11) is 0. The quantitative estimate of drug-likeness (QED) is 0.0445. The minimum atomic E-state index is -0.929. The van der Waals surface area contributed by atoms with Crippen molar-refractivity contribution >= 4 is 5.71 Å². The molecule has 0 amide bonds. The lowest BCUT2D eigenvalue weighted by atomic mass is 9.66. The summed E-state index contributed by atoms with van der Waals surface area (Å²) < 4.78 is 11.0. The molecule has 1 aromatic rings. The average molecular weight is 765 g/mol. The van der Waals surface area contributed by atoms with E-state index in [0.29, 0.717) is 47.6 Å². The zero-order chi connectivity index (χ0) is 38.8. The van der Waals surface area contributed by atoms with Crippen LogP contribution in [-0.4, -0.2) is 93.2 Å². The predicted octanol–water partition coefficient (Wildman–Crippen LogP) is 5.75. The van der Waals surface area contributed by atoms with E-state index in [0.717, 1.165) is 93.7 Å². The summed E-state index contributed by atoms with van der Waals surface area (Å²) in [5, 5.41) is 54.7. The smallest absolute Gasteiger partial charge is 0.208 e. The molecule has 0 saturated heterocycles. The van der Waals surface area contributed by atoms with Crippen LogP contribution >= 0.6 is 0 Å². The molecule has 306 valence electrons. The first kappa shape index (κ1) is 42.0. The number of unbranched alkanes of at least 4 members (excludes halogenated alkanes) is 3. The van der Waals surface area contributed by atoms with E-state index in [1.807, 2.05) is 25.1 Å². The van der Waals surface area contributed by atoms with Gasteiger partial charge in [0.1, 0.15) is 30.4 Å². The summed E-state index contributed by atoms with van der Waals surface area (Å²) >= 11 is 0. The Kier molecular flexibility index (Phi) is 15.5. The topological polar surface area (TPSA) is 174 Å². The number of aliphatic hydroxyl groups excluding tert-OH is 4. The van der Waals surface area contributed by atoms with Gasteiger partial charge in [0, 0.05) is 45.2 Å². The minimum Gasteiger partial charge on any atom is -0.504 e. The Hall–Kier alpha value is -2.57. The summed E-state index contributed by atoms with van der Waals surface area (Å²) in [5.74, 6) is 3.25. The number of nitrogens with two attached hydrogens (primary N) is 1. The van der Waals surface area contributed by atoms with Crippen LogP contribution in [0.15, 0.2) is 46.6 Å². The second-order valence-electron chi connectivity index (χ2n) is 17.4. The van der Waals surface area contributed by atoms with E-state index in [1.54, 1.807) is 6.07 Å². The number of aliphatic hydroxyl groups is 6. The molecule has 3 aliphatic carbocycles. The standard InChI is InChI=1S/C45H69N3O7/c1-30(51)26-47-27-37-35-12-8-13-38(35)45(19-6-7-20-45)25-40-36(37)24-39(48-40)42(53)29-54-44-22-31(16-18-41(44)52)15-17-34-23-32(28-50)43(55-34)14-5-3-2-4-10-33(46)11-9-21-49/h16,18,22-24,30,33,35,37-38,42-43,47,49-51,53,55H,2-15,17,19-21,25-29,46H2,1H3/p+1/t30-,33-,35-,37-,38-,42-,43?/m0/s1. The number of hydrogen-bond donors (Lipinski definition) is 7. The first-order valence-electron chi connectivity index (χ1n) is 21.6. The van der Waals surface area contributed by atoms with E-state index in [2.05, 4.69) is 11.4 Å². The number of nitrogens with zero attached hydrogens (tertiary/aromatic N) is 1. The molecule has 2 aliphatic heterocycles. The fourth-order valence-electron chi connectivity index (χ4n) is 10.5. The largest absolute Gasteiger partial charge is 0.504 e. The lowest BCUT2D eigenvalue weighted by Gasteiger charge is -2.37. The normalized spacial score (nSPS) is 26.0. The third-order valence-corrected chi connectivity index (χ3v) is 13.3. The van der Waals surface area contributed by atoms with Gasteiger partial charge in [0.25, 0.3) is 0 Å². The highest BCUT2D eigenvalue weighted by atomic mass is 16.5. The van der Waals surface area contributed by atoms with E-state index >= 15 is 0 Å². The maximum Gasteiger partial charge on any atom is 0.208 e. The lowest BCUT2D eigenvalue weighted by Crippen LogP contribution is -2.38. The number of aryl methyl sites for hydroxylation is 1. The number of nitrogens with one attached hydrogen (secondary N) is 1. The molecule has 5 aliphatic rings. The van der Waals surface area contributed by atoms with Crippen molar-refractivity contribution < 1.29 is 35.0 Å². The van der Waals surface area contributed by atoms with Crippen molar-refractivity contribution in [1.82, 2.24) is 5.32 Å². The molecule has 10 nitrogen and oxygen atoms in total. The predicted molar refractivity (Wildman–Crippen MR) is 217 cm³/mol. The fourth-order valence-corrected chi connectivity index (χ4v) is 10.5. The maximum atomic E-state index is 11.4. The van der Waals surface area contributed by atoms with Crippen molar-refractivity contribution in [2.75, 3.05) is 32.9 Å². The fraction of sp³-hybridized carbons (Fsp3) is 0.711. The summed E-state index contributed by atoms with van der Waals surface area (Å²) in [6.07, 6.45) is 23.2. The van der Waals surface area contributed by atoms with Gasteiger partial charge in [-0.1, -0.05) is 44.6 Å². The van der Waals surface area contributed by atoms with Gasteiger partial charge < -0.3 is 46.1 Å². The second-order valence-corrected chi connectivity index (χ2v) is 17.4. The molecule has 10 heteroatoms. The maximum absolute atomic E-state index is 11.4. The van der Waals surface area contributed by atoms with Crippen LogP contribution in [0, 0.1) is 35.2 Å². The first-order valence-corrected chi connectivity index (χ1v) is 21.6. The number of phenols is 1. The molecular weight excluding hydrogens is 695 g/mol. The first-order chi connectivity index (χ1) is 26.7. The Labute approximate surface area is 329 Å². The van der Waals surface area contributed by atoms with E-state index in [1.165, 1.54) is 50.9 Å². The highest BCUT2D eigenvalue weighted by molar-refractivity contribution is 6.03. The molecule has 3 fully saturated rings. The number of rotatable bonds is 22. The highest BCUT2D eigenvalue weighted by Crippen LogP contribution is 2.61. The van der Waals surface area contributed by atoms with Crippen LogP contribution in [0.3, 0.4) is 0 Å². The second kappa shape index (κ2) is 20.2. The molecule has 7 atom stereocenters. The molecule has 2 heterocycles. The van der Waals surface area contributed by atoms with Crippen LogP contribution in [0.25, 0.3) is 0 Å². The van der Waals surface area contributed by atoms with Gasteiger partial charge in [-0.3, -0.25) is 0 Å². The lowest BCUT2D eigenvalue weighted by molar-refractivity contribution is -0.0552. The van der Waals surface area contributed by atoms with Crippen LogP contribution < -0.4 is 15.8 Å². The van der Waals surface area contributed by atoms with Crippen molar-refractivity contribution in [3.63, 3.8) is 0 Å². The molecule has 1 aromatic carbocycles. The van der Waals surface area contributed by atoms with Crippen LogP contribution in [-0.2, 0) is 6.42 Å². The molecule has 9 N–H and O–H groups in total. The van der Waals surface area contributed by atoms with Crippen molar-refractivity contribution in [3.05, 3.63) is 59.2 Å². The highest BCUT2D eigenvalue weighted by Gasteiger charge is 2.58. The van der Waals surface area contributed by atoms with Crippen molar-refractivity contribution in [3.8, 4) is 11.5 Å². The number of aliphatic imine (C=N–C) groups is 1. The van der Waals surface area contributed by atoms with Gasteiger partial charge in [-0.05, 0) is 106 Å². The Morgan fingerprint density at radius 3 is 2.65 bits per heavy atom. The third-order valence-electron chi connectivity index (χ3n) is 13.3. The molecule has 6 rings (SSSR count). The number of aromatic hydroxyl groups is 1. The number of ether oxygens (including phenoxy) is 2. The number of allylic oxidation sites excluding steroid dienone is 1. The van der Waals surface area contributed by atoms with Gasteiger partial charge in [0.05, 0.1) is 18.1 Å². The Bertz CT molecular complexity index is 1460. The summed E-state index contributed by atoms with van der Waals surface area (Å²) in [4.78, 5) is 5.12. The monoisotopic (exact) mass is 765 g/mol. The van der Waals surface area contributed by atoms with Gasteiger partial charge in [-0.15, -0.1) is 16.6 Å². The number of fused-ring (bicyclic) bond motifs is 3. The van der Waals surface area contributed by atoms with Gasteiger partial charge >= 0.3 is 0 Å². The van der Waals surface area contributed by atoms with E-state index in [4.69, 9.17) is 25.3 Å². The zero-order valence-corrected chi connectivity index (χ0v) is 33.3. The van der Waals surface area contributed by atoms with E-state index in [-0.39, 0.29) is 37.7 Å². The van der Waals surface area contributed by atoms with Gasteiger partial charge in [-0.25, -0.2) is 0 Å². The molecule has 0 bridgehead atoms. The molecule has 0 aromatic heterocycles. The molecule has 55 heavy (non-hydrogen) atoms. The van der Waals surface area contributed by atoms with Crippen molar-refractivity contribution in [1.29, 1.82) is 0 Å². The van der Waals surface area contributed by atoms with Gasteiger partial charge in [0.2, 0.25) is 5.70 Å².